The van der Waals surface area contributed by atoms with E-state index in [0.29, 0.717) is 12.8 Å². The molecular weight excluding hydrogens is 1010 g/mol. The van der Waals surface area contributed by atoms with E-state index in [2.05, 4.69) is 104 Å². The second-order valence-electron chi connectivity index (χ2n) is 21.8. The smallest absolute Gasteiger partial charge is 0.220 e. The SMILES string of the molecule is CC/C=C\C/C=C\C/C=C\C/C=C\C/C=C\CCCCCCCCCCCCCC(=O)NC(COC1OC(CO)C(OC2OC(CO)C(O)C(O)C2O)C(O)C1O)C(O)/C=C/CC/C=C/CC/C=C/CCCCCCCCCCC. The number of nitrogens with one attached hydrogen (secondary N) is 1. The van der Waals surface area contributed by atoms with Crippen LogP contribution in [0.2, 0.25) is 0 Å². The average Bonchev–Trinajstić information content (AvgIpc) is 3.49. The summed E-state index contributed by atoms with van der Waals surface area (Å²) in [5.74, 6) is -0.260. The van der Waals surface area contributed by atoms with Gasteiger partial charge in [-0.15, -0.1) is 0 Å². The molecule has 0 aromatic rings. The maximum absolute atomic E-state index is 13.3. The molecule has 460 valence electrons. The summed E-state index contributed by atoms with van der Waals surface area (Å²) in [7, 11) is 0. The Morgan fingerprint density at radius 1 is 0.463 bits per heavy atom. The van der Waals surface area contributed by atoms with Gasteiger partial charge in [0, 0.05) is 6.42 Å². The molecule has 2 saturated heterocycles. The third-order valence-corrected chi connectivity index (χ3v) is 14.7. The van der Waals surface area contributed by atoms with E-state index >= 15 is 0 Å². The van der Waals surface area contributed by atoms with Crippen LogP contribution in [-0.4, -0.2) is 140 Å². The molecule has 14 heteroatoms. The molecule has 2 aliphatic rings. The highest BCUT2D eigenvalue weighted by molar-refractivity contribution is 5.76. The fraction of sp³-hybridized carbons (Fsp3) is 0.742. The predicted octanol–water partition coefficient (Wildman–Crippen LogP) is 11.4. The van der Waals surface area contributed by atoms with Gasteiger partial charge in [0.05, 0.1) is 32.0 Å². The van der Waals surface area contributed by atoms with Gasteiger partial charge in [0.25, 0.3) is 0 Å². The molecule has 12 unspecified atom stereocenters. The number of aliphatic hydroxyl groups excluding tert-OH is 8. The quantitative estimate of drug-likeness (QED) is 0.0204. The molecule has 0 aromatic carbocycles. The molecule has 1 amide bonds. The first-order valence-electron chi connectivity index (χ1n) is 31.5. The van der Waals surface area contributed by atoms with E-state index in [1.807, 2.05) is 6.08 Å². The highest BCUT2D eigenvalue weighted by Crippen LogP contribution is 2.30. The van der Waals surface area contributed by atoms with Crippen molar-refractivity contribution in [2.24, 2.45) is 0 Å². The number of carbonyl (C=O) groups excluding carboxylic acids is 1. The molecule has 2 aliphatic heterocycles. The van der Waals surface area contributed by atoms with E-state index in [1.165, 1.54) is 103 Å². The van der Waals surface area contributed by atoms with Crippen molar-refractivity contribution in [3.05, 3.63) is 97.2 Å². The Hall–Kier alpha value is -3.09. The number of amides is 1. The van der Waals surface area contributed by atoms with Gasteiger partial charge in [-0.25, -0.2) is 0 Å². The first kappa shape index (κ1) is 73.0. The number of carbonyl (C=O) groups is 1. The molecule has 14 nitrogen and oxygen atoms in total. The average molecular weight is 1130 g/mol. The number of rotatable bonds is 49. The summed E-state index contributed by atoms with van der Waals surface area (Å²) >= 11 is 0. The van der Waals surface area contributed by atoms with Gasteiger partial charge < -0.3 is 65.1 Å². The number of aliphatic hydroxyl groups is 8. The van der Waals surface area contributed by atoms with Crippen molar-refractivity contribution < 1.29 is 64.6 Å². The molecule has 80 heavy (non-hydrogen) atoms. The fourth-order valence-electron chi connectivity index (χ4n) is 9.70. The van der Waals surface area contributed by atoms with Crippen LogP contribution >= 0.6 is 0 Å². The molecular formula is C66H113NO13. The summed E-state index contributed by atoms with van der Waals surface area (Å²) in [6.07, 6.45) is 53.0. The number of unbranched alkanes of at least 4 members (excludes halogenated alkanes) is 22. The molecule has 0 radical (unpaired) electrons. The van der Waals surface area contributed by atoms with Gasteiger partial charge in [0.15, 0.2) is 12.6 Å². The van der Waals surface area contributed by atoms with Gasteiger partial charge in [-0.2, -0.15) is 0 Å². The monoisotopic (exact) mass is 1130 g/mol. The minimum Gasteiger partial charge on any atom is -0.394 e. The zero-order valence-corrected chi connectivity index (χ0v) is 49.5. The van der Waals surface area contributed by atoms with Crippen molar-refractivity contribution in [1.82, 2.24) is 5.32 Å². The molecule has 12 atom stereocenters. The lowest BCUT2D eigenvalue weighted by molar-refractivity contribution is -0.359. The Balaban J connectivity index is 1.75. The van der Waals surface area contributed by atoms with Gasteiger partial charge in [-0.3, -0.25) is 4.79 Å². The minimum atomic E-state index is -1.80. The van der Waals surface area contributed by atoms with Crippen LogP contribution in [0.3, 0.4) is 0 Å². The van der Waals surface area contributed by atoms with Crippen molar-refractivity contribution in [3.63, 3.8) is 0 Å². The topological polar surface area (TPSA) is 228 Å². The van der Waals surface area contributed by atoms with E-state index in [1.54, 1.807) is 6.08 Å². The predicted molar refractivity (Wildman–Crippen MR) is 323 cm³/mol. The third-order valence-electron chi connectivity index (χ3n) is 14.7. The van der Waals surface area contributed by atoms with Crippen LogP contribution in [0.1, 0.15) is 219 Å². The lowest BCUT2D eigenvalue weighted by atomic mass is 9.97. The van der Waals surface area contributed by atoms with Crippen LogP contribution in [0, 0.1) is 0 Å². The minimum absolute atomic E-state index is 0.260. The van der Waals surface area contributed by atoms with E-state index in [9.17, 15) is 45.6 Å². The number of hydrogen-bond donors (Lipinski definition) is 9. The second kappa shape index (κ2) is 50.4. The molecule has 9 N–H and O–H groups in total. The summed E-state index contributed by atoms with van der Waals surface area (Å²) in [6.45, 7) is 2.65. The maximum atomic E-state index is 13.3. The molecule has 2 fully saturated rings. The largest absolute Gasteiger partial charge is 0.394 e. The summed E-state index contributed by atoms with van der Waals surface area (Å²) in [5.41, 5.74) is 0. The lowest BCUT2D eigenvalue weighted by Crippen LogP contribution is -2.65. The van der Waals surface area contributed by atoms with E-state index in [0.717, 1.165) is 83.5 Å². The van der Waals surface area contributed by atoms with Crippen molar-refractivity contribution in [1.29, 1.82) is 0 Å². The van der Waals surface area contributed by atoms with E-state index < -0.39 is 86.8 Å². The summed E-state index contributed by atoms with van der Waals surface area (Å²) < 4.78 is 22.8. The van der Waals surface area contributed by atoms with Gasteiger partial charge in [0.2, 0.25) is 5.91 Å². The van der Waals surface area contributed by atoms with Crippen LogP contribution in [0.4, 0.5) is 0 Å². The van der Waals surface area contributed by atoms with Crippen molar-refractivity contribution in [2.45, 2.75) is 293 Å². The maximum Gasteiger partial charge on any atom is 0.220 e. The molecule has 0 aliphatic carbocycles. The van der Waals surface area contributed by atoms with Gasteiger partial charge in [0.1, 0.15) is 48.8 Å². The van der Waals surface area contributed by atoms with Crippen LogP contribution in [0.5, 0.6) is 0 Å². The highest BCUT2D eigenvalue weighted by Gasteiger charge is 2.51. The van der Waals surface area contributed by atoms with Crippen LogP contribution < -0.4 is 5.32 Å². The van der Waals surface area contributed by atoms with Gasteiger partial charge in [-0.1, -0.05) is 220 Å². The Labute approximate surface area is 483 Å². The standard InChI is InChI=1S/C66H113NO13/c1-3-5-7-9-11-13-15-17-19-21-23-24-25-26-27-28-29-30-32-34-36-38-40-42-44-46-48-50-58(71)67-54(55(70)49-47-45-43-41-39-37-35-33-31-22-20-18-16-14-12-10-8-6-4-2)53-77-65-63(76)61(74)64(57(52-69)79-65)80-66-62(75)60(73)59(72)56(51-68)78-66/h5,7,11,13,17,19,23-24,26-27,31,33,39,41,47,49,54-57,59-66,68-70,72-76H,3-4,6,8-10,12,14-16,18,20-22,25,28-30,32,34-38,40,42-46,48,50-53H2,1-2H3,(H,67,71)/b7-5-,13-11-,19-17-,24-23-,27-26-,33-31+,41-39+,49-47+. The number of hydrogen-bond acceptors (Lipinski definition) is 13. The molecule has 2 heterocycles. The summed E-state index contributed by atoms with van der Waals surface area (Å²) in [6, 6.07) is -0.946. The Morgan fingerprint density at radius 2 is 0.875 bits per heavy atom. The van der Waals surface area contributed by atoms with Gasteiger partial charge in [-0.05, 0) is 89.9 Å². The number of allylic oxidation sites excluding steroid dienone is 15. The zero-order valence-electron chi connectivity index (χ0n) is 49.5. The van der Waals surface area contributed by atoms with Crippen LogP contribution in [-0.2, 0) is 23.7 Å². The van der Waals surface area contributed by atoms with Crippen LogP contribution in [0.15, 0.2) is 97.2 Å². The van der Waals surface area contributed by atoms with Gasteiger partial charge >= 0.3 is 0 Å². The zero-order chi connectivity index (χ0) is 58.1. The summed E-state index contributed by atoms with van der Waals surface area (Å²) in [5, 5.41) is 87.2. The Bertz CT molecular complexity index is 1710. The highest BCUT2D eigenvalue weighted by atomic mass is 16.7. The number of ether oxygens (including phenoxy) is 4. The Morgan fingerprint density at radius 3 is 1.38 bits per heavy atom. The second-order valence-corrected chi connectivity index (χ2v) is 21.8. The molecule has 2 rings (SSSR count). The van der Waals surface area contributed by atoms with E-state index in [-0.39, 0.29) is 18.9 Å². The van der Waals surface area contributed by atoms with Crippen LogP contribution in [0.25, 0.3) is 0 Å². The molecule has 0 aromatic heterocycles. The Kier molecular flexibility index (Phi) is 46.0. The first-order valence-corrected chi connectivity index (χ1v) is 31.5. The van der Waals surface area contributed by atoms with E-state index in [4.69, 9.17) is 18.9 Å². The third kappa shape index (κ3) is 35.1. The first-order chi connectivity index (χ1) is 39.1. The summed E-state index contributed by atoms with van der Waals surface area (Å²) in [4.78, 5) is 13.3. The lowest BCUT2D eigenvalue weighted by Gasteiger charge is -2.46. The molecule has 0 spiro atoms. The normalized spacial score (nSPS) is 24.9. The van der Waals surface area contributed by atoms with Crippen molar-refractivity contribution >= 4 is 5.91 Å². The fourth-order valence-corrected chi connectivity index (χ4v) is 9.70. The van der Waals surface area contributed by atoms with Crippen molar-refractivity contribution in [2.75, 3.05) is 19.8 Å². The molecule has 0 saturated carbocycles. The molecule has 0 bridgehead atoms. The van der Waals surface area contributed by atoms with Crippen molar-refractivity contribution in [3.8, 4) is 0 Å².